The molecule has 0 aliphatic heterocycles. The van der Waals surface area contributed by atoms with Crippen molar-refractivity contribution in [1.82, 2.24) is 5.32 Å². The summed E-state index contributed by atoms with van der Waals surface area (Å²) in [5.41, 5.74) is 0. The van der Waals surface area contributed by atoms with Gasteiger partial charge in [-0.25, -0.2) is 0 Å². The summed E-state index contributed by atoms with van der Waals surface area (Å²) in [6, 6.07) is 0.0147. The highest BCUT2D eigenvalue weighted by Gasteiger charge is 2.25. The van der Waals surface area contributed by atoms with Crippen molar-refractivity contribution < 1.29 is 23.0 Å². The Hall–Kier alpha value is -0.330. The van der Waals surface area contributed by atoms with Crippen LogP contribution in [0.5, 0.6) is 0 Å². The Kier molecular flexibility index (Phi) is 8.60. The highest BCUT2D eigenvalue weighted by Crippen LogP contribution is 2.20. The van der Waals surface area contributed by atoms with E-state index in [0.717, 1.165) is 6.54 Å². The summed E-state index contributed by atoms with van der Waals surface area (Å²) in [6.45, 7) is 3.16. The molecule has 0 fully saturated rings. The molecule has 1 atom stereocenters. The van der Waals surface area contributed by atoms with Crippen LogP contribution in [0.2, 0.25) is 0 Å². The van der Waals surface area contributed by atoms with Crippen LogP contribution in [0.3, 0.4) is 0 Å². The first kappa shape index (κ1) is 15.7. The van der Waals surface area contributed by atoms with Crippen molar-refractivity contribution in [2.24, 2.45) is 0 Å². The smallest absolute Gasteiger partial charge is 0.389 e. The second-order valence-electron chi connectivity index (χ2n) is 3.56. The van der Waals surface area contributed by atoms with E-state index in [-0.39, 0.29) is 25.7 Å². The molecule has 0 rings (SSSR count). The van der Waals surface area contributed by atoms with Gasteiger partial charge in [0.15, 0.2) is 0 Å². The maximum absolute atomic E-state index is 11.8. The van der Waals surface area contributed by atoms with E-state index < -0.39 is 12.6 Å². The molecule has 0 saturated carbocycles. The molecule has 0 radical (unpaired) electrons. The minimum atomic E-state index is -4.10. The van der Waals surface area contributed by atoms with E-state index in [1.807, 2.05) is 6.92 Å². The third kappa shape index (κ3) is 10.2. The van der Waals surface area contributed by atoms with Gasteiger partial charge in [-0.3, -0.25) is 0 Å². The van der Waals surface area contributed by atoms with Gasteiger partial charge in [0.1, 0.15) is 0 Å². The quantitative estimate of drug-likeness (QED) is 0.606. The van der Waals surface area contributed by atoms with Crippen molar-refractivity contribution in [2.45, 2.75) is 38.4 Å². The molecule has 0 heterocycles. The van der Waals surface area contributed by atoms with Crippen molar-refractivity contribution in [2.75, 3.05) is 26.4 Å². The molecule has 0 bridgehead atoms. The maximum Gasteiger partial charge on any atom is 0.389 e. The van der Waals surface area contributed by atoms with E-state index in [4.69, 9.17) is 9.84 Å². The number of aliphatic hydroxyl groups is 1. The molecule has 0 aliphatic carbocycles. The Balaban J connectivity index is 3.46. The first-order chi connectivity index (χ1) is 7.49. The van der Waals surface area contributed by atoms with Crippen molar-refractivity contribution in [3.8, 4) is 0 Å². The number of alkyl halides is 3. The lowest BCUT2D eigenvalue weighted by Crippen LogP contribution is -2.34. The monoisotopic (exact) mass is 243 g/mol. The van der Waals surface area contributed by atoms with E-state index in [9.17, 15) is 13.2 Å². The summed E-state index contributed by atoms with van der Waals surface area (Å²) >= 11 is 0. The Bertz CT molecular complexity index is 159. The molecule has 3 nitrogen and oxygen atoms in total. The van der Waals surface area contributed by atoms with E-state index in [1.165, 1.54) is 0 Å². The zero-order valence-electron chi connectivity index (χ0n) is 9.52. The van der Waals surface area contributed by atoms with Crippen LogP contribution >= 0.6 is 0 Å². The second-order valence-corrected chi connectivity index (χ2v) is 3.56. The van der Waals surface area contributed by atoms with E-state index in [1.54, 1.807) is 0 Å². The summed E-state index contributed by atoms with van der Waals surface area (Å²) < 4.78 is 40.5. The molecule has 2 N–H and O–H groups in total. The van der Waals surface area contributed by atoms with Gasteiger partial charge in [-0.05, 0) is 19.4 Å². The van der Waals surface area contributed by atoms with Crippen LogP contribution in [0.4, 0.5) is 13.2 Å². The second kappa shape index (κ2) is 8.78. The van der Waals surface area contributed by atoms with Crippen LogP contribution in [0.25, 0.3) is 0 Å². The van der Waals surface area contributed by atoms with Gasteiger partial charge in [0.25, 0.3) is 0 Å². The van der Waals surface area contributed by atoms with Crippen LogP contribution in [0.1, 0.15) is 26.2 Å². The van der Waals surface area contributed by atoms with Crippen molar-refractivity contribution in [3.05, 3.63) is 0 Å². The summed E-state index contributed by atoms with van der Waals surface area (Å²) in [6.07, 6.45) is -4.37. The Morgan fingerprint density at radius 2 is 2.06 bits per heavy atom. The number of hydrogen-bond donors (Lipinski definition) is 2. The van der Waals surface area contributed by atoms with Gasteiger partial charge in [0.2, 0.25) is 0 Å². The van der Waals surface area contributed by atoms with Crippen LogP contribution in [-0.4, -0.2) is 43.7 Å². The van der Waals surface area contributed by atoms with Crippen LogP contribution in [0.15, 0.2) is 0 Å². The predicted octanol–water partition coefficient (Wildman–Crippen LogP) is 1.71. The molecule has 0 aromatic rings. The van der Waals surface area contributed by atoms with E-state index in [0.29, 0.717) is 13.0 Å². The fourth-order valence-corrected chi connectivity index (χ4v) is 1.29. The lowest BCUT2D eigenvalue weighted by atomic mass is 10.2. The van der Waals surface area contributed by atoms with Crippen molar-refractivity contribution >= 4 is 0 Å². The Morgan fingerprint density at radius 1 is 1.38 bits per heavy atom. The summed E-state index contributed by atoms with van der Waals surface area (Å²) in [5, 5.41) is 11.8. The molecule has 0 amide bonds. The average molecular weight is 243 g/mol. The Morgan fingerprint density at radius 3 is 2.56 bits per heavy atom. The largest absolute Gasteiger partial charge is 0.396 e. The highest BCUT2D eigenvalue weighted by atomic mass is 19.4. The van der Waals surface area contributed by atoms with Gasteiger partial charge in [-0.1, -0.05) is 6.92 Å². The SMILES string of the molecule is CCNC(CCO)COCCCC(F)(F)F. The van der Waals surface area contributed by atoms with Crippen LogP contribution < -0.4 is 5.32 Å². The number of hydrogen-bond acceptors (Lipinski definition) is 3. The molecule has 98 valence electrons. The topological polar surface area (TPSA) is 41.5 Å². The summed E-state index contributed by atoms with van der Waals surface area (Å²) in [7, 11) is 0. The van der Waals surface area contributed by atoms with Crippen molar-refractivity contribution in [1.29, 1.82) is 0 Å². The number of ether oxygens (including phenoxy) is 1. The van der Waals surface area contributed by atoms with Gasteiger partial charge in [-0.15, -0.1) is 0 Å². The fraction of sp³-hybridized carbons (Fsp3) is 1.00. The lowest BCUT2D eigenvalue weighted by Gasteiger charge is -2.16. The van der Waals surface area contributed by atoms with Gasteiger partial charge >= 0.3 is 6.18 Å². The first-order valence-electron chi connectivity index (χ1n) is 5.48. The zero-order valence-corrected chi connectivity index (χ0v) is 9.52. The Labute approximate surface area is 94.0 Å². The normalized spacial score (nSPS) is 14.1. The number of rotatable bonds is 9. The molecule has 1 unspecified atom stereocenters. The van der Waals surface area contributed by atoms with E-state index >= 15 is 0 Å². The average Bonchev–Trinajstić information content (AvgIpc) is 2.16. The summed E-state index contributed by atoms with van der Waals surface area (Å²) in [4.78, 5) is 0. The lowest BCUT2D eigenvalue weighted by molar-refractivity contribution is -0.138. The molecule has 0 aromatic heterocycles. The minimum Gasteiger partial charge on any atom is -0.396 e. The van der Waals surface area contributed by atoms with Gasteiger partial charge in [-0.2, -0.15) is 13.2 Å². The first-order valence-corrected chi connectivity index (χ1v) is 5.48. The molecule has 0 saturated heterocycles. The zero-order chi connectivity index (χ0) is 12.4. The third-order valence-corrected chi connectivity index (χ3v) is 2.04. The highest BCUT2D eigenvalue weighted by molar-refractivity contribution is 4.64. The third-order valence-electron chi connectivity index (χ3n) is 2.04. The standard InChI is InChI=1S/C10H20F3NO2/c1-2-14-9(4-6-15)8-16-7-3-5-10(11,12)13/h9,14-15H,2-8H2,1H3. The predicted molar refractivity (Wildman–Crippen MR) is 55.3 cm³/mol. The van der Waals surface area contributed by atoms with Gasteiger partial charge in [0, 0.05) is 25.7 Å². The van der Waals surface area contributed by atoms with E-state index in [2.05, 4.69) is 5.32 Å². The number of aliphatic hydroxyl groups excluding tert-OH is 1. The molecule has 0 aromatic carbocycles. The maximum atomic E-state index is 11.8. The molecule has 0 spiro atoms. The number of likely N-dealkylation sites (N-methyl/N-ethyl adjacent to an activating group) is 1. The fourth-order valence-electron chi connectivity index (χ4n) is 1.29. The summed E-state index contributed by atoms with van der Waals surface area (Å²) in [5.74, 6) is 0. The van der Waals surface area contributed by atoms with Crippen molar-refractivity contribution in [3.63, 3.8) is 0 Å². The van der Waals surface area contributed by atoms with Gasteiger partial charge < -0.3 is 15.2 Å². The molecular weight excluding hydrogens is 223 g/mol. The van der Waals surface area contributed by atoms with Gasteiger partial charge in [0.05, 0.1) is 6.61 Å². The molecule has 0 aliphatic rings. The number of nitrogens with one attached hydrogen (secondary N) is 1. The van der Waals surface area contributed by atoms with Crippen LogP contribution in [-0.2, 0) is 4.74 Å². The number of halogens is 3. The van der Waals surface area contributed by atoms with Crippen LogP contribution in [0, 0.1) is 0 Å². The molecule has 16 heavy (non-hydrogen) atoms. The molecule has 6 heteroatoms. The molecular formula is C10H20F3NO2. The minimum absolute atomic E-state index is 0.0124.